The lowest BCUT2D eigenvalue weighted by molar-refractivity contribution is -0.142. The quantitative estimate of drug-likeness (QED) is 0.0436. The van der Waals surface area contributed by atoms with Gasteiger partial charge in [0, 0.05) is 44.0 Å². The van der Waals surface area contributed by atoms with Crippen molar-refractivity contribution in [1.82, 2.24) is 31.2 Å². The average Bonchev–Trinajstić information content (AvgIpc) is 3.69. The van der Waals surface area contributed by atoms with E-state index in [0.29, 0.717) is 42.9 Å². The standard InChI is InChI=1S/C45H59N7O7/c1-3-4-5-6-10-16-40(54)47-25-12-11-15-37(50-42(55)36(46)28-34-29-48-41(49-34)33-13-8-7-9-14-33)43(56)51-38(26-31-19-17-30(2)18-20-31)44(57)52-39(45(58)59)27-32-21-23-35(53)24-22-32/h7-9,13-14,17-24,29,36-39,53H,3-6,10-12,15-16,25-28,46H2,1-2H3,(H,47,54)(H,48,49)(H,50,55)(H,51,56)(H,52,57)(H,58,59). The maximum Gasteiger partial charge on any atom is 0.326 e. The maximum atomic E-state index is 14.1. The molecule has 0 aliphatic carbocycles. The van der Waals surface area contributed by atoms with E-state index < -0.39 is 47.9 Å². The molecule has 4 rings (SSSR count). The van der Waals surface area contributed by atoms with Crippen molar-refractivity contribution in [2.24, 2.45) is 5.73 Å². The number of benzene rings is 3. The average molecular weight is 810 g/mol. The molecule has 0 saturated carbocycles. The van der Waals surface area contributed by atoms with Crippen LogP contribution >= 0.6 is 0 Å². The number of aromatic hydroxyl groups is 1. The van der Waals surface area contributed by atoms with E-state index in [2.05, 4.69) is 38.2 Å². The predicted octanol–water partition coefficient (Wildman–Crippen LogP) is 4.63. The molecule has 14 nitrogen and oxygen atoms in total. The number of rotatable bonds is 25. The number of hydrogen-bond acceptors (Lipinski definition) is 8. The number of hydrogen-bond donors (Lipinski definition) is 8. The van der Waals surface area contributed by atoms with Crippen LogP contribution in [0.2, 0.25) is 0 Å². The van der Waals surface area contributed by atoms with E-state index in [-0.39, 0.29) is 37.3 Å². The molecule has 4 aromatic rings. The smallest absolute Gasteiger partial charge is 0.326 e. The number of amides is 4. The van der Waals surface area contributed by atoms with E-state index >= 15 is 0 Å². The fourth-order valence-electron chi connectivity index (χ4n) is 6.53. The van der Waals surface area contributed by atoms with Crippen LogP contribution in [-0.2, 0) is 43.2 Å². The van der Waals surface area contributed by atoms with Crippen LogP contribution in [0, 0.1) is 6.92 Å². The van der Waals surface area contributed by atoms with Gasteiger partial charge in [-0.15, -0.1) is 0 Å². The van der Waals surface area contributed by atoms with Crippen LogP contribution in [-0.4, -0.2) is 80.5 Å². The third-order valence-corrected chi connectivity index (χ3v) is 10.0. The molecule has 1 aromatic heterocycles. The molecular formula is C45H59N7O7. The van der Waals surface area contributed by atoms with Gasteiger partial charge in [0.05, 0.1) is 11.7 Å². The Bertz CT molecular complexity index is 1930. The summed E-state index contributed by atoms with van der Waals surface area (Å²) < 4.78 is 0. The lowest BCUT2D eigenvalue weighted by Crippen LogP contribution is -2.58. The number of nitrogens with two attached hydrogens (primary N) is 1. The minimum absolute atomic E-state index is 0.0180. The number of carbonyl (C=O) groups is 5. The van der Waals surface area contributed by atoms with Gasteiger partial charge in [-0.3, -0.25) is 19.2 Å². The number of phenolic OH excluding ortho intramolecular Hbond substituents is 1. The molecule has 0 bridgehead atoms. The molecule has 0 radical (unpaired) electrons. The molecule has 4 unspecified atom stereocenters. The summed E-state index contributed by atoms with van der Waals surface area (Å²) in [5.74, 6) is -2.63. The Kier molecular flexibility index (Phi) is 18.6. The summed E-state index contributed by atoms with van der Waals surface area (Å²) in [5, 5.41) is 30.8. The van der Waals surface area contributed by atoms with Crippen molar-refractivity contribution >= 4 is 29.6 Å². The van der Waals surface area contributed by atoms with Crippen molar-refractivity contribution in [3.63, 3.8) is 0 Å². The van der Waals surface area contributed by atoms with Gasteiger partial charge < -0.3 is 42.2 Å². The molecule has 0 spiro atoms. The summed E-state index contributed by atoms with van der Waals surface area (Å²) in [4.78, 5) is 73.9. The number of nitrogens with zero attached hydrogens (tertiary/aromatic N) is 1. The second kappa shape index (κ2) is 24.0. The minimum atomic E-state index is -1.34. The second-order valence-corrected chi connectivity index (χ2v) is 15.0. The van der Waals surface area contributed by atoms with Crippen molar-refractivity contribution in [2.45, 2.75) is 115 Å². The van der Waals surface area contributed by atoms with E-state index in [1.165, 1.54) is 12.1 Å². The summed E-state index contributed by atoms with van der Waals surface area (Å²) in [6.07, 6.45) is 8.57. The highest BCUT2D eigenvalue weighted by molar-refractivity contribution is 5.94. The summed E-state index contributed by atoms with van der Waals surface area (Å²) in [6, 6.07) is 18.1. The van der Waals surface area contributed by atoms with Gasteiger partial charge in [0.2, 0.25) is 23.6 Å². The van der Waals surface area contributed by atoms with Gasteiger partial charge in [-0.1, -0.05) is 105 Å². The monoisotopic (exact) mass is 809 g/mol. The Labute approximate surface area is 346 Å². The molecule has 316 valence electrons. The Morgan fingerprint density at radius 3 is 2.00 bits per heavy atom. The lowest BCUT2D eigenvalue weighted by atomic mass is 10.0. The number of nitrogens with one attached hydrogen (secondary N) is 5. The zero-order valence-corrected chi connectivity index (χ0v) is 34.0. The first-order valence-corrected chi connectivity index (χ1v) is 20.5. The largest absolute Gasteiger partial charge is 0.508 e. The van der Waals surface area contributed by atoms with Crippen molar-refractivity contribution in [2.75, 3.05) is 6.54 Å². The Morgan fingerprint density at radius 1 is 0.712 bits per heavy atom. The molecule has 14 heteroatoms. The summed E-state index contributed by atoms with van der Waals surface area (Å²) in [5.41, 5.74) is 10.1. The number of unbranched alkanes of at least 4 members (excludes halogenated alkanes) is 5. The van der Waals surface area contributed by atoms with Gasteiger partial charge in [0.1, 0.15) is 29.7 Å². The number of carboxylic acid groups (broad SMARTS) is 1. The molecule has 0 aliphatic rings. The van der Waals surface area contributed by atoms with E-state index in [1.54, 1.807) is 18.3 Å². The summed E-state index contributed by atoms with van der Waals surface area (Å²) in [7, 11) is 0. The van der Waals surface area contributed by atoms with E-state index in [9.17, 15) is 34.2 Å². The van der Waals surface area contributed by atoms with Gasteiger partial charge in [0.15, 0.2) is 0 Å². The minimum Gasteiger partial charge on any atom is -0.508 e. The molecular weight excluding hydrogens is 751 g/mol. The van der Waals surface area contributed by atoms with Gasteiger partial charge >= 0.3 is 5.97 Å². The number of carbonyl (C=O) groups excluding carboxylic acids is 4. The van der Waals surface area contributed by atoms with Gasteiger partial charge in [-0.2, -0.15) is 0 Å². The van der Waals surface area contributed by atoms with Crippen molar-refractivity contribution in [3.05, 3.63) is 107 Å². The highest BCUT2D eigenvalue weighted by Gasteiger charge is 2.31. The molecule has 4 atom stereocenters. The highest BCUT2D eigenvalue weighted by Crippen LogP contribution is 2.16. The number of aliphatic carboxylic acids is 1. The first kappa shape index (κ1) is 45.7. The number of phenols is 1. The fraction of sp³-hybridized carbons (Fsp3) is 0.422. The molecule has 0 fully saturated rings. The topological polar surface area (TPSA) is 229 Å². The van der Waals surface area contributed by atoms with Crippen molar-refractivity contribution < 1.29 is 34.2 Å². The molecule has 1 heterocycles. The summed E-state index contributed by atoms with van der Waals surface area (Å²) in [6.45, 7) is 4.46. The Morgan fingerprint density at radius 2 is 1.32 bits per heavy atom. The Hall–Kier alpha value is -6.02. The van der Waals surface area contributed by atoms with Crippen LogP contribution in [0.4, 0.5) is 0 Å². The van der Waals surface area contributed by atoms with Crippen LogP contribution in [0.5, 0.6) is 5.75 Å². The molecule has 59 heavy (non-hydrogen) atoms. The lowest BCUT2D eigenvalue weighted by Gasteiger charge is -2.25. The molecule has 0 aliphatic heterocycles. The number of imidazole rings is 1. The Balaban J connectivity index is 1.47. The van der Waals surface area contributed by atoms with Crippen LogP contribution in [0.15, 0.2) is 85.1 Å². The zero-order valence-electron chi connectivity index (χ0n) is 34.0. The van der Waals surface area contributed by atoms with E-state index in [1.807, 2.05) is 61.5 Å². The van der Waals surface area contributed by atoms with Gasteiger partial charge in [-0.25, -0.2) is 9.78 Å². The fourth-order valence-corrected chi connectivity index (χ4v) is 6.53. The first-order valence-electron chi connectivity index (χ1n) is 20.5. The molecule has 9 N–H and O–H groups in total. The van der Waals surface area contributed by atoms with Crippen molar-refractivity contribution in [1.29, 1.82) is 0 Å². The normalized spacial score (nSPS) is 13.1. The predicted molar refractivity (Wildman–Crippen MR) is 226 cm³/mol. The first-order chi connectivity index (χ1) is 28.4. The van der Waals surface area contributed by atoms with Crippen LogP contribution in [0.3, 0.4) is 0 Å². The van der Waals surface area contributed by atoms with Crippen LogP contribution in [0.1, 0.15) is 87.1 Å². The summed E-state index contributed by atoms with van der Waals surface area (Å²) >= 11 is 0. The van der Waals surface area contributed by atoms with Gasteiger partial charge in [0.25, 0.3) is 0 Å². The second-order valence-electron chi connectivity index (χ2n) is 15.0. The number of aromatic nitrogens is 2. The van der Waals surface area contributed by atoms with Gasteiger partial charge in [-0.05, 0) is 55.9 Å². The van der Waals surface area contributed by atoms with E-state index in [0.717, 1.165) is 48.8 Å². The molecule has 0 saturated heterocycles. The maximum absolute atomic E-state index is 14.1. The highest BCUT2D eigenvalue weighted by atomic mass is 16.4. The number of aryl methyl sites for hydroxylation is 1. The molecule has 4 amide bonds. The van der Waals surface area contributed by atoms with E-state index in [4.69, 9.17) is 5.73 Å². The third-order valence-electron chi connectivity index (χ3n) is 10.0. The number of carboxylic acids is 1. The van der Waals surface area contributed by atoms with Crippen molar-refractivity contribution in [3.8, 4) is 17.1 Å². The molecule has 3 aromatic carbocycles. The van der Waals surface area contributed by atoms with Crippen LogP contribution < -0.4 is 27.0 Å². The number of aromatic amines is 1. The zero-order chi connectivity index (χ0) is 42.6. The SMILES string of the molecule is CCCCCCCC(=O)NCCCCC(NC(=O)C(N)Cc1c[nH]c(-c2ccccc2)n1)C(=O)NC(Cc1ccc(C)cc1)C(=O)NC(Cc1ccc(O)cc1)C(=O)O. The number of H-pyrrole nitrogens is 1. The third kappa shape index (κ3) is 16.0. The van der Waals surface area contributed by atoms with Crippen LogP contribution in [0.25, 0.3) is 11.4 Å².